The normalized spacial score (nSPS) is 9.71. The number of ether oxygens (including phenoxy) is 1. The SMILES string of the molecule is CNc1nc(-c2cccc(OC)c2)c(C#N)s1. The number of nitrogens with zero attached hydrogens (tertiary/aromatic N) is 2. The van der Waals surface area contributed by atoms with E-state index in [4.69, 9.17) is 10.00 Å². The van der Waals surface area contributed by atoms with Crippen molar-refractivity contribution in [1.82, 2.24) is 4.98 Å². The van der Waals surface area contributed by atoms with E-state index in [-0.39, 0.29) is 0 Å². The van der Waals surface area contributed by atoms with E-state index in [9.17, 15) is 0 Å². The minimum Gasteiger partial charge on any atom is -0.497 e. The maximum atomic E-state index is 9.08. The van der Waals surface area contributed by atoms with Gasteiger partial charge in [-0.1, -0.05) is 23.5 Å². The summed E-state index contributed by atoms with van der Waals surface area (Å²) in [7, 11) is 3.40. The first-order chi connectivity index (χ1) is 8.28. The lowest BCUT2D eigenvalue weighted by Gasteiger charge is -2.02. The topological polar surface area (TPSA) is 57.9 Å². The second kappa shape index (κ2) is 4.85. The van der Waals surface area contributed by atoms with Gasteiger partial charge in [0, 0.05) is 12.6 Å². The first-order valence-corrected chi connectivity index (χ1v) is 5.83. The Labute approximate surface area is 103 Å². The zero-order valence-electron chi connectivity index (χ0n) is 9.52. The second-order valence-corrected chi connectivity index (χ2v) is 4.29. The van der Waals surface area contributed by atoms with Crippen molar-refractivity contribution in [2.45, 2.75) is 0 Å². The Hall–Kier alpha value is -2.06. The molecular formula is C12H11N3OS. The van der Waals surface area contributed by atoms with Gasteiger partial charge in [0.05, 0.1) is 7.11 Å². The van der Waals surface area contributed by atoms with Crippen molar-refractivity contribution < 1.29 is 4.74 Å². The van der Waals surface area contributed by atoms with Gasteiger partial charge in [-0.05, 0) is 12.1 Å². The van der Waals surface area contributed by atoms with E-state index in [2.05, 4.69) is 16.4 Å². The van der Waals surface area contributed by atoms with Gasteiger partial charge in [0.1, 0.15) is 22.4 Å². The molecule has 0 saturated heterocycles. The Morgan fingerprint density at radius 1 is 1.47 bits per heavy atom. The van der Waals surface area contributed by atoms with E-state index < -0.39 is 0 Å². The number of nitrogens with one attached hydrogen (secondary N) is 1. The molecule has 0 aliphatic heterocycles. The number of benzene rings is 1. The number of thiazole rings is 1. The minimum atomic E-state index is 0.600. The lowest BCUT2D eigenvalue weighted by Crippen LogP contribution is -1.87. The molecule has 4 nitrogen and oxygen atoms in total. The number of methoxy groups -OCH3 is 1. The van der Waals surface area contributed by atoms with Crippen molar-refractivity contribution in [2.75, 3.05) is 19.5 Å². The summed E-state index contributed by atoms with van der Waals surface area (Å²) in [5.41, 5.74) is 1.58. The highest BCUT2D eigenvalue weighted by atomic mass is 32.1. The van der Waals surface area contributed by atoms with Crippen LogP contribution in [-0.4, -0.2) is 19.1 Å². The van der Waals surface area contributed by atoms with Crippen LogP contribution in [0.2, 0.25) is 0 Å². The monoisotopic (exact) mass is 245 g/mol. The van der Waals surface area contributed by atoms with Gasteiger partial charge in [-0.15, -0.1) is 0 Å². The summed E-state index contributed by atoms with van der Waals surface area (Å²) in [5, 5.41) is 12.8. The average Bonchev–Trinajstić information content (AvgIpc) is 2.82. The summed E-state index contributed by atoms with van der Waals surface area (Å²) in [6, 6.07) is 9.69. The highest BCUT2D eigenvalue weighted by molar-refractivity contribution is 7.16. The molecule has 2 aromatic rings. The molecule has 0 spiro atoms. The van der Waals surface area contributed by atoms with Crippen LogP contribution in [0.15, 0.2) is 24.3 Å². The molecule has 0 unspecified atom stereocenters. The maximum Gasteiger partial charge on any atom is 0.184 e. The lowest BCUT2D eigenvalue weighted by molar-refractivity contribution is 0.415. The molecule has 1 heterocycles. The summed E-state index contributed by atoms with van der Waals surface area (Å²) in [6.07, 6.45) is 0. The largest absolute Gasteiger partial charge is 0.497 e. The fourth-order valence-electron chi connectivity index (χ4n) is 1.47. The quantitative estimate of drug-likeness (QED) is 0.903. The highest BCUT2D eigenvalue weighted by Gasteiger charge is 2.12. The fraction of sp³-hybridized carbons (Fsp3) is 0.167. The molecular weight excluding hydrogens is 234 g/mol. The summed E-state index contributed by atoms with van der Waals surface area (Å²) < 4.78 is 5.16. The van der Waals surface area contributed by atoms with Crippen molar-refractivity contribution in [3.63, 3.8) is 0 Å². The summed E-state index contributed by atoms with van der Waals surface area (Å²) in [4.78, 5) is 4.97. The molecule has 0 amide bonds. The number of aromatic nitrogens is 1. The van der Waals surface area contributed by atoms with Crippen LogP contribution in [0.1, 0.15) is 4.88 Å². The number of hydrogen-bond acceptors (Lipinski definition) is 5. The van der Waals surface area contributed by atoms with Gasteiger partial charge in [-0.25, -0.2) is 4.98 Å². The van der Waals surface area contributed by atoms with Gasteiger partial charge in [0.25, 0.3) is 0 Å². The van der Waals surface area contributed by atoms with Gasteiger partial charge < -0.3 is 10.1 Å². The molecule has 0 bridgehead atoms. The minimum absolute atomic E-state index is 0.600. The van der Waals surface area contributed by atoms with Gasteiger partial charge in [0.2, 0.25) is 0 Å². The van der Waals surface area contributed by atoms with Crippen molar-refractivity contribution >= 4 is 16.5 Å². The zero-order chi connectivity index (χ0) is 12.3. The average molecular weight is 245 g/mol. The molecule has 0 radical (unpaired) electrons. The van der Waals surface area contributed by atoms with E-state index in [1.165, 1.54) is 11.3 Å². The van der Waals surface area contributed by atoms with Crippen molar-refractivity contribution in [3.05, 3.63) is 29.1 Å². The van der Waals surface area contributed by atoms with Crippen LogP contribution < -0.4 is 10.1 Å². The van der Waals surface area contributed by atoms with Gasteiger partial charge in [-0.2, -0.15) is 5.26 Å². The number of nitriles is 1. The van der Waals surface area contributed by atoms with Crippen LogP contribution in [0.25, 0.3) is 11.3 Å². The summed E-state index contributed by atoms with van der Waals surface area (Å²) in [5.74, 6) is 0.755. The van der Waals surface area contributed by atoms with Crippen LogP contribution >= 0.6 is 11.3 Å². The third-order valence-corrected chi connectivity index (χ3v) is 3.26. The van der Waals surface area contributed by atoms with Gasteiger partial charge >= 0.3 is 0 Å². The van der Waals surface area contributed by atoms with Crippen LogP contribution in [0.4, 0.5) is 5.13 Å². The summed E-state index contributed by atoms with van der Waals surface area (Å²) >= 11 is 1.34. The molecule has 2 rings (SSSR count). The molecule has 5 heteroatoms. The molecule has 1 aromatic carbocycles. The lowest BCUT2D eigenvalue weighted by atomic mass is 10.1. The van der Waals surface area contributed by atoms with E-state index in [0.29, 0.717) is 10.6 Å². The fourth-order valence-corrected chi connectivity index (χ4v) is 2.21. The van der Waals surface area contributed by atoms with Crippen LogP contribution in [-0.2, 0) is 0 Å². The number of rotatable bonds is 3. The standard InChI is InChI=1S/C12H11N3OS/c1-14-12-15-11(10(7-13)17-12)8-4-3-5-9(6-8)16-2/h3-6H,1-2H3,(H,14,15). The molecule has 0 saturated carbocycles. The van der Waals surface area contributed by atoms with Crippen LogP contribution in [0.3, 0.4) is 0 Å². The highest BCUT2D eigenvalue weighted by Crippen LogP contribution is 2.31. The molecule has 1 N–H and O–H groups in total. The predicted molar refractivity (Wildman–Crippen MR) is 68.4 cm³/mol. The predicted octanol–water partition coefficient (Wildman–Crippen LogP) is 2.73. The van der Waals surface area contributed by atoms with Crippen molar-refractivity contribution in [2.24, 2.45) is 0 Å². The van der Waals surface area contributed by atoms with Crippen molar-refractivity contribution in [3.8, 4) is 23.1 Å². The summed E-state index contributed by atoms with van der Waals surface area (Å²) in [6.45, 7) is 0. The first-order valence-electron chi connectivity index (χ1n) is 5.01. The van der Waals surface area contributed by atoms with Crippen LogP contribution in [0, 0.1) is 11.3 Å². The zero-order valence-corrected chi connectivity index (χ0v) is 10.3. The Bertz CT molecular complexity index is 571. The molecule has 0 aliphatic carbocycles. The smallest absolute Gasteiger partial charge is 0.184 e. The second-order valence-electron chi connectivity index (χ2n) is 3.29. The van der Waals surface area contributed by atoms with Crippen LogP contribution in [0.5, 0.6) is 5.75 Å². The first kappa shape index (κ1) is 11.4. The van der Waals surface area contributed by atoms with Gasteiger partial charge in [0.15, 0.2) is 5.13 Å². The molecule has 17 heavy (non-hydrogen) atoms. The van der Waals surface area contributed by atoms with E-state index in [1.54, 1.807) is 14.2 Å². The van der Waals surface area contributed by atoms with E-state index in [1.807, 2.05) is 24.3 Å². The molecule has 0 fully saturated rings. The Kier molecular flexibility index (Phi) is 3.26. The van der Waals surface area contributed by atoms with E-state index >= 15 is 0 Å². The molecule has 86 valence electrons. The van der Waals surface area contributed by atoms with Crippen molar-refractivity contribution in [1.29, 1.82) is 5.26 Å². The molecule has 1 aromatic heterocycles. The maximum absolute atomic E-state index is 9.08. The number of anilines is 1. The Morgan fingerprint density at radius 2 is 2.29 bits per heavy atom. The molecule has 0 atom stereocenters. The molecule has 0 aliphatic rings. The van der Waals surface area contributed by atoms with E-state index in [0.717, 1.165) is 16.4 Å². The third kappa shape index (κ3) is 2.22. The Morgan fingerprint density at radius 3 is 2.94 bits per heavy atom. The third-order valence-electron chi connectivity index (χ3n) is 2.29. The number of hydrogen-bond donors (Lipinski definition) is 1. The Balaban J connectivity index is 2.51. The van der Waals surface area contributed by atoms with Gasteiger partial charge in [-0.3, -0.25) is 0 Å².